The van der Waals surface area contributed by atoms with Gasteiger partial charge in [0.1, 0.15) is 11.6 Å². The molecule has 1 heterocycles. The number of aromatic nitrogens is 1. The lowest BCUT2D eigenvalue weighted by atomic mass is 10.0. The van der Waals surface area contributed by atoms with Crippen LogP contribution in [-0.4, -0.2) is 28.5 Å². The van der Waals surface area contributed by atoms with Crippen LogP contribution in [0.1, 0.15) is 45.0 Å². The Bertz CT molecular complexity index is 464. The Morgan fingerprint density at radius 3 is 2.40 bits per heavy atom. The minimum atomic E-state index is -0.679. The van der Waals surface area contributed by atoms with E-state index < -0.39 is 17.6 Å². The minimum Gasteiger partial charge on any atom is -0.458 e. The van der Waals surface area contributed by atoms with E-state index in [9.17, 15) is 9.59 Å². The highest BCUT2D eigenvalue weighted by atomic mass is 16.6. The van der Waals surface area contributed by atoms with Crippen LogP contribution in [-0.2, 0) is 9.53 Å². The third-order valence-corrected chi connectivity index (χ3v) is 2.54. The van der Waals surface area contributed by atoms with Crippen molar-refractivity contribution < 1.29 is 14.3 Å². The second-order valence-electron chi connectivity index (χ2n) is 5.97. The van der Waals surface area contributed by atoms with Crippen molar-refractivity contribution in [1.82, 2.24) is 10.3 Å². The Kier molecular flexibility index (Phi) is 5.25. The molecule has 1 atom stereocenters. The van der Waals surface area contributed by atoms with Crippen LogP contribution in [0.2, 0.25) is 0 Å². The molecule has 0 aromatic carbocycles. The van der Waals surface area contributed by atoms with Crippen molar-refractivity contribution >= 4 is 11.9 Å². The molecule has 0 aliphatic heterocycles. The van der Waals surface area contributed by atoms with Crippen molar-refractivity contribution in [1.29, 1.82) is 0 Å². The molecule has 5 nitrogen and oxygen atoms in total. The standard InChI is InChI=1S/C15H22N2O3/c1-10(2)12(14(19)20-15(3,4)5)17-13(18)11-7-6-8-16-9-11/h6-10,12H,1-5H3,(H,17,18)/t12-/m1/s1. The fourth-order valence-corrected chi connectivity index (χ4v) is 1.58. The molecule has 0 aliphatic carbocycles. The monoisotopic (exact) mass is 278 g/mol. The van der Waals surface area contributed by atoms with E-state index in [2.05, 4.69) is 10.3 Å². The maximum atomic E-state index is 12.1. The van der Waals surface area contributed by atoms with Gasteiger partial charge in [-0.05, 0) is 38.8 Å². The molecule has 1 rings (SSSR count). The highest BCUT2D eigenvalue weighted by Gasteiger charge is 2.29. The number of amides is 1. The summed E-state index contributed by atoms with van der Waals surface area (Å²) in [6.45, 7) is 9.11. The number of carbonyl (C=O) groups is 2. The average molecular weight is 278 g/mol. The third kappa shape index (κ3) is 4.99. The van der Waals surface area contributed by atoms with E-state index in [1.165, 1.54) is 6.20 Å². The van der Waals surface area contributed by atoms with Crippen LogP contribution in [0.5, 0.6) is 0 Å². The molecule has 20 heavy (non-hydrogen) atoms. The molecule has 0 unspecified atom stereocenters. The topological polar surface area (TPSA) is 68.3 Å². The van der Waals surface area contributed by atoms with Gasteiger partial charge in [-0.25, -0.2) is 4.79 Å². The molecule has 1 aromatic rings. The molecule has 5 heteroatoms. The van der Waals surface area contributed by atoms with Crippen LogP contribution in [0.4, 0.5) is 0 Å². The smallest absolute Gasteiger partial charge is 0.329 e. The third-order valence-electron chi connectivity index (χ3n) is 2.54. The predicted molar refractivity (Wildman–Crippen MR) is 76.2 cm³/mol. The molecule has 1 N–H and O–H groups in total. The van der Waals surface area contributed by atoms with Crippen LogP contribution in [0.25, 0.3) is 0 Å². The van der Waals surface area contributed by atoms with Gasteiger partial charge in [-0.3, -0.25) is 9.78 Å². The predicted octanol–water partition coefficient (Wildman–Crippen LogP) is 2.18. The van der Waals surface area contributed by atoms with E-state index in [0.717, 1.165) is 0 Å². The van der Waals surface area contributed by atoms with E-state index in [0.29, 0.717) is 5.56 Å². The summed E-state index contributed by atoms with van der Waals surface area (Å²) in [5, 5.41) is 2.70. The van der Waals surface area contributed by atoms with Crippen LogP contribution >= 0.6 is 0 Å². The lowest BCUT2D eigenvalue weighted by molar-refractivity contribution is -0.158. The van der Waals surface area contributed by atoms with Crippen LogP contribution < -0.4 is 5.32 Å². The average Bonchev–Trinajstić information content (AvgIpc) is 2.34. The Morgan fingerprint density at radius 2 is 1.95 bits per heavy atom. The van der Waals surface area contributed by atoms with Crippen LogP contribution in [0.15, 0.2) is 24.5 Å². The largest absolute Gasteiger partial charge is 0.458 e. The number of nitrogens with one attached hydrogen (secondary N) is 1. The molecule has 110 valence electrons. The number of hydrogen-bond donors (Lipinski definition) is 1. The lowest BCUT2D eigenvalue weighted by Crippen LogP contribution is -2.47. The Balaban J connectivity index is 2.78. The summed E-state index contributed by atoms with van der Waals surface area (Å²) in [6, 6.07) is 2.64. The van der Waals surface area contributed by atoms with Gasteiger partial charge in [0.05, 0.1) is 5.56 Å². The number of hydrogen-bond acceptors (Lipinski definition) is 4. The number of nitrogens with zero attached hydrogens (tertiary/aromatic N) is 1. The maximum Gasteiger partial charge on any atom is 0.329 e. The molecule has 0 spiro atoms. The van der Waals surface area contributed by atoms with Gasteiger partial charge < -0.3 is 10.1 Å². The van der Waals surface area contributed by atoms with Crippen molar-refractivity contribution in [2.75, 3.05) is 0 Å². The summed E-state index contributed by atoms with van der Waals surface area (Å²) < 4.78 is 5.33. The van der Waals surface area contributed by atoms with Crippen molar-refractivity contribution in [3.8, 4) is 0 Å². The van der Waals surface area contributed by atoms with Gasteiger partial charge in [-0.2, -0.15) is 0 Å². The summed E-state index contributed by atoms with van der Waals surface area (Å²) in [7, 11) is 0. The van der Waals surface area contributed by atoms with Crippen LogP contribution in [0.3, 0.4) is 0 Å². The highest BCUT2D eigenvalue weighted by molar-refractivity contribution is 5.96. The van der Waals surface area contributed by atoms with Crippen molar-refractivity contribution in [3.63, 3.8) is 0 Å². The molecular weight excluding hydrogens is 256 g/mol. The summed E-state index contributed by atoms with van der Waals surface area (Å²) in [5.41, 5.74) is -0.162. The number of rotatable bonds is 4. The number of carbonyl (C=O) groups excluding carboxylic acids is 2. The quantitative estimate of drug-likeness (QED) is 0.857. The lowest BCUT2D eigenvalue weighted by Gasteiger charge is -2.26. The van der Waals surface area contributed by atoms with E-state index in [1.807, 2.05) is 13.8 Å². The summed E-state index contributed by atoms with van der Waals surface area (Å²) in [6.07, 6.45) is 3.05. The second-order valence-corrected chi connectivity index (χ2v) is 5.97. The Labute approximate surface area is 119 Å². The fraction of sp³-hybridized carbons (Fsp3) is 0.533. The Morgan fingerprint density at radius 1 is 1.30 bits per heavy atom. The van der Waals surface area contributed by atoms with Gasteiger partial charge in [0.25, 0.3) is 5.91 Å². The first kappa shape index (κ1) is 16.1. The Hall–Kier alpha value is -1.91. The molecule has 0 saturated carbocycles. The molecule has 0 radical (unpaired) electrons. The summed E-state index contributed by atoms with van der Waals surface area (Å²) in [4.78, 5) is 28.1. The molecule has 1 aromatic heterocycles. The van der Waals surface area contributed by atoms with E-state index in [1.54, 1.807) is 39.1 Å². The fourth-order valence-electron chi connectivity index (χ4n) is 1.58. The first-order valence-electron chi connectivity index (χ1n) is 6.64. The zero-order valence-electron chi connectivity index (χ0n) is 12.6. The highest BCUT2D eigenvalue weighted by Crippen LogP contribution is 2.13. The molecule has 0 fully saturated rings. The molecule has 0 bridgehead atoms. The molecule has 0 saturated heterocycles. The molecular formula is C15H22N2O3. The maximum absolute atomic E-state index is 12.1. The van der Waals surface area contributed by atoms with E-state index in [-0.39, 0.29) is 11.8 Å². The van der Waals surface area contributed by atoms with E-state index in [4.69, 9.17) is 4.74 Å². The minimum absolute atomic E-state index is 0.0644. The molecule has 0 aliphatic rings. The molecule has 1 amide bonds. The second kappa shape index (κ2) is 6.50. The van der Waals surface area contributed by atoms with Crippen LogP contribution in [0, 0.1) is 5.92 Å². The zero-order valence-corrected chi connectivity index (χ0v) is 12.6. The van der Waals surface area contributed by atoms with Gasteiger partial charge in [-0.1, -0.05) is 13.8 Å². The van der Waals surface area contributed by atoms with Gasteiger partial charge >= 0.3 is 5.97 Å². The SMILES string of the molecule is CC(C)[C@@H](NC(=O)c1cccnc1)C(=O)OC(C)(C)C. The van der Waals surface area contributed by atoms with Gasteiger partial charge in [-0.15, -0.1) is 0 Å². The normalized spacial score (nSPS) is 12.9. The number of pyridine rings is 1. The number of ether oxygens (including phenoxy) is 1. The van der Waals surface area contributed by atoms with Gasteiger partial charge in [0.2, 0.25) is 0 Å². The summed E-state index contributed by atoms with van der Waals surface area (Å²) >= 11 is 0. The zero-order chi connectivity index (χ0) is 15.3. The van der Waals surface area contributed by atoms with E-state index >= 15 is 0 Å². The summed E-state index contributed by atoms with van der Waals surface area (Å²) in [5.74, 6) is -0.821. The van der Waals surface area contributed by atoms with Crippen molar-refractivity contribution in [2.45, 2.75) is 46.3 Å². The van der Waals surface area contributed by atoms with Crippen molar-refractivity contribution in [3.05, 3.63) is 30.1 Å². The van der Waals surface area contributed by atoms with Gasteiger partial charge in [0.15, 0.2) is 0 Å². The first-order valence-corrected chi connectivity index (χ1v) is 6.64. The first-order chi connectivity index (χ1) is 9.20. The van der Waals surface area contributed by atoms with Crippen molar-refractivity contribution in [2.24, 2.45) is 5.92 Å². The number of esters is 1. The van der Waals surface area contributed by atoms with Gasteiger partial charge in [0, 0.05) is 12.4 Å².